The van der Waals surface area contributed by atoms with Crippen molar-refractivity contribution in [3.63, 3.8) is 0 Å². The van der Waals surface area contributed by atoms with E-state index < -0.39 is 0 Å². The molecule has 0 aliphatic heterocycles. The van der Waals surface area contributed by atoms with Crippen LogP contribution in [0.5, 0.6) is 0 Å². The van der Waals surface area contributed by atoms with Crippen LogP contribution in [0.2, 0.25) is 0 Å². The van der Waals surface area contributed by atoms with Crippen molar-refractivity contribution < 1.29 is 4.42 Å². The second-order valence-corrected chi connectivity index (χ2v) is 3.73. The minimum atomic E-state index is -0.262. The summed E-state index contributed by atoms with van der Waals surface area (Å²) in [4.78, 5) is 0. The Kier molecular flexibility index (Phi) is 3.83. The maximum Gasteiger partial charge on any atom is 0.163 e. The van der Waals surface area contributed by atoms with Gasteiger partial charge in [0.15, 0.2) is 5.57 Å². The van der Waals surface area contributed by atoms with Crippen LogP contribution in [0.15, 0.2) is 58.3 Å². The van der Waals surface area contributed by atoms with Crippen molar-refractivity contribution in [2.45, 2.75) is 0 Å². The third-order valence-electron chi connectivity index (χ3n) is 2.56. The number of hydrogen-bond donors (Lipinski definition) is 1. The number of anilines is 1. The molecular weight excluding hydrogens is 252 g/mol. The molecule has 5 nitrogen and oxygen atoms in total. The Morgan fingerprint density at radius 1 is 0.950 bits per heavy atom. The SMILES string of the molecule is N#CC(C#N)=C(C#N)Nc1ccccc1-c1ccco1. The van der Waals surface area contributed by atoms with Crippen molar-refractivity contribution in [3.8, 4) is 29.5 Å². The lowest BCUT2D eigenvalue weighted by Gasteiger charge is -2.09. The third kappa shape index (κ3) is 2.51. The number of nitrogens with one attached hydrogen (secondary N) is 1. The molecule has 1 aromatic heterocycles. The van der Waals surface area contributed by atoms with Crippen molar-refractivity contribution in [3.05, 3.63) is 53.9 Å². The van der Waals surface area contributed by atoms with Crippen LogP contribution in [0.25, 0.3) is 11.3 Å². The zero-order valence-electron chi connectivity index (χ0n) is 10.3. The molecule has 94 valence electrons. The molecular formula is C15H8N4O. The summed E-state index contributed by atoms with van der Waals surface area (Å²) < 4.78 is 5.32. The Hall–Kier alpha value is -3.49. The van der Waals surface area contributed by atoms with Gasteiger partial charge in [0.1, 0.15) is 29.7 Å². The highest BCUT2D eigenvalue weighted by molar-refractivity contribution is 5.77. The van der Waals surface area contributed by atoms with E-state index in [0.717, 1.165) is 5.56 Å². The summed E-state index contributed by atoms with van der Waals surface area (Å²) in [7, 11) is 0. The standard InChI is InChI=1S/C15H8N4O/c16-8-11(9-17)14(10-18)19-13-5-2-1-4-12(13)15-6-3-7-20-15/h1-7,19H. The highest BCUT2D eigenvalue weighted by atomic mass is 16.3. The normalized spacial score (nSPS) is 8.85. The molecule has 0 aliphatic carbocycles. The number of nitriles is 3. The van der Waals surface area contributed by atoms with Crippen molar-refractivity contribution >= 4 is 5.69 Å². The number of nitrogens with zero attached hydrogens (tertiary/aromatic N) is 3. The summed E-state index contributed by atoms with van der Waals surface area (Å²) in [5.74, 6) is 0.626. The summed E-state index contributed by atoms with van der Waals surface area (Å²) in [5, 5.41) is 29.5. The van der Waals surface area contributed by atoms with E-state index in [1.165, 1.54) is 0 Å². The van der Waals surface area contributed by atoms with Gasteiger partial charge in [0.2, 0.25) is 0 Å². The number of allylic oxidation sites excluding steroid dienone is 2. The van der Waals surface area contributed by atoms with Gasteiger partial charge < -0.3 is 9.73 Å². The molecule has 5 heteroatoms. The second-order valence-electron chi connectivity index (χ2n) is 3.73. The van der Waals surface area contributed by atoms with Crippen LogP contribution in [0.4, 0.5) is 5.69 Å². The number of furan rings is 1. The van der Waals surface area contributed by atoms with Gasteiger partial charge in [-0.2, -0.15) is 15.8 Å². The summed E-state index contributed by atoms with van der Waals surface area (Å²) in [5.41, 5.74) is 0.971. The van der Waals surface area contributed by atoms with Crippen LogP contribution in [0, 0.1) is 34.0 Å². The van der Waals surface area contributed by atoms with Gasteiger partial charge >= 0.3 is 0 Å². The zero-order valence-corrected chi connectivity index (χ0v) is 10.3. The third-order valence-corrected chi connectivity index (χ3v) is 2.56. The first-order chi connectivity index (χ1) is 9.80. The van der Waals surface area contributed by atoms with Crippen LogP contribution in [-0.4, -0.2) is 0 Å². The van der Waals surface area contributed by atoms with Crippen LogP contribution in [0.3, 0.4) is 0 Å². The van der Waals surface area contributed by atoms with Gasteiger partial charge in [-0.3, -0.25) is 0 Å². The van der Waals surface area contributed by atoms with Crippen molar-refractivity contribution in [2.24, 2.45) is 0 Å². The molecule has 0 amide bonds. The molecule has 0 fully saturated rings. The predicted octanol–water partition coefficient (Wildman–Crippen LogP) is 3.18. The van der Waals surface area contributed by atoms with E-state index in [2.05, 4.69) is 5.32 Å². The molecule has 2 aromatic rings. The molecule has 1 heterocycles. The fourth-order valence-electron chi connectivity index (χ4n) is 1.66. The summed E-state index contributed by atoms with van der Waals surface area (Å²) in [6, 6.07) is 15.9. The highest BCUT2D eigenvalue weighted by Crippen LogP contribution is 2.29. The molecule has 2 rings (SSSR count). The molecule has 0 radical (unpaired) electrons. The lowest BCUT2D eigenvalue weighted by atomic mass is 10.1. The van der Waals surface area contributed by atoms with Gasteiger partial charge in [-0.15, -0.1) is 0 Å². The number of para-hydroxylation sites is 1. The first-order valence-electron chi connectivity index (χ1n) is 5.64. The van der Waals surface area contributed by atoms with Crippen LogP contribution in [-0.2, 0) is 0 Å². The molecule has 1 N–H and O–H groups in total. The molecule has 0 saturated heterocycles. The zero-order chi connectivity index (χ0) is 14.4. The Labute approximate surface area is 115 Å². The summed E-state index contributed by atoms with van der Waals surface area (Å²) in [6.07, 6.45) is 1.54. The highest BCUT2D eigenvalue weighted by Gasteiger charge is 2.11. The van der Waals surface area contributed by atoms with E-state index in [4.69, 9.17) is 20.2 Å². The molecule has 0 aliphatic rings. The van der Waals surface area contributed by atoms with E-state index in [1.54, 1.807) is 42.7 Å². The second kappa shape index (κ2) is 5.91. The van der Waals surface area contributed by atoms with Gasteiger partial charge in [0.25, 0.3) is 0 Å². The molecule has 1 aromatic carbocycles. The number of rotatable bonds is 3. The predicted molar refractivity (Wildman–Crippen MR) is 71.6 cm³/mol. The molecule has 0 unspecified atom stereocenters. The summed E-state index contributed by atoms with van der Waals surface area (Å²) in [6.45, 7) is 0. The monoisotopic (exact) mass is 260 g/mol. The maximum atomic E-state index is 9.05. The Morgan fingerprint density at radius 2 is 1.70 bits per heavy atom. The van der Waals surface area contributed by atoms with Gasteiger partial charge in [-0.1, -0.05) is 12.1 Å². The lowest BCUT2D eigenvalue weighted by Crippen LogP contribution is -2.01. The summed E-state index contributed by atoms with van der Waals surface area (Å²) >= 11 is 0. The van der Waals surface area contributed by atoms with E-state index in [0.29, 0.717) is 11.4 Å². The van der Waals surface area contributed by atoms with Crippen LogP contribution in [0.1, 0.15) is 0 Å². The number of hydrogen-bond acceptors (Lipinski definition) is 5. The Balaban J connectivity index is 2.47. The Morgan fingerprint density at radius 3 is 2.30 bits per heavy atom. The van der Waals surface area contributed by atoms with E-state index in [9.17, 15) is 0 Å². The fourth-order valence-corrected chi connectivity index (χ4v) is 1.66. The first-order valence-corrected chi connectivity index (χ1v) is 5.64. The van der Waals surface area contributed by atoms with Gasteiger partial charge in [0.05, 0.1) is 12.0 Å². The minimum Gasteiger partial charge on any atom is -0.464 e. The van der Waals surface area contributed by atoms with Crippen molar-refractivity contribution in [1.82, 2.24) is 0 Å². The molecule has 0 atom stereocenters. The fraction of sp³-hybridized carbons (Fsp3) is 0. The quantitative estimate of drug-likeness (QED) is 0.855. The van der Waals surface area contributed by atoms with Crippen LogP contribution >= 0.6 is 0 Å². The lowest BCUT2D eigenvalue weighted by molar-refractivity contribution is 0.582. The van der Waals surface area contributed by atoms with Crippen molar-refractivity contribution in [1.29, 1.82) is 15.8 Å². The smallest absolute Gasteiger partial charge is 0.163 e. The molecule has 0 spiro atoms. The van der Waals surface area contributed by atoms with Crippen LogP contribution < -0.4 is 5.32 Å². The minimum absolute atomic E-state index is 0.0889. The largest absolute Gasteiger partial charge is 0.464 e. The Bertz CT molecular complexity index is 751. The average Bonchev–Trinajstić information content (AvgIpc) is 3.02. The number of benzene rings is 1. The van der Waals surface area contributed by atoms with Gasteiger partial charge in [0, 0.05) is 5.56 Å². The van der Waals surface area contributed by atoms with Gasteiger partial charge in [-0.05, 0) is 24.3 Å². The molecule has 0 saturated carbocycles. The maximum absolute atomic E-state index is 9.05. The van der Waals surface area contributed by atoms with E-state index in [-0.39, 0.29) is 11.3 Å². The first kappa shape index (κ1) is 13.0. The van der Waals surface area contributed by atoms with Gasteiger partial charge in [-0.25, -0.2) is 0 Å². The van der Waals surface area contributed by atoms with E-state index in [1.807, 2.05) is 18.2 Å². The van der Waals surface area contributed by atoms with E-state index >= 15 is 0 Å². The topological polar surface area (TPSA) is 96.5 Å². The average molecular weight is 260 g/mol. The molecule has 0 bridgehead atoms. The van der Waals surface area contributed by atoms with Crippen molar-refractivity contribution in [2.75, 3.05) is 5.32 Å². The molecule has 20 heavy (non-hydrogen) atoms.